The highest BCUT2D eigenvalue weighted by Gasteiger charge is 2.41. The maximum Gasteiger partial charge on any atom is 0.421 e. The standard InChI is InChI=1S/C9H4F3O5/c10-9(11,12)6-4(13)2-1-3(7(14)15)5(6)8(16)17/h1-2H,(H,14,15)(H,16,17). The van der Waals surface area contributed by atoms with Gasteiger partial charge in [0.2, 0.25) is 0 Å². The molecule has 1 aromatic carbocycles. The van der Waals surface area contributed by atoms with Crippen molar-refractivity contribution in [2.45, 2.75) is 6.18 Å². The van der Waals surface area contributed by atoms with E-state index in [0.717, 1.165) is 0 Å². The zero-order valence-corrected chi connectivity index (χ0v) is 7.91. The van der Waals surface area contributed by atoms with Crippen LogP contribution in [0.15, 0.2) is 12.1 Å². The highest BCUT2D eigenvalue weighted by atomic mass is 19.4. The van der Waals surface area contributed by atoms with Crippen molar-refractivity contribution in [2.75, 3.05) is 0 Å². The SMILES string of the molecule is [O]c1ccc(C(=O)O)c(C(=O)O)c1C(F)(F)F. The summed E-state index contributed by atoms with van der Waals surface area (Å²) in [4.78, 5) is 21.2. The molecule has 0 heterocycles. The van der Waals surface area contributed by atoms with E-state index in [1.54, 1.807) is 0 Å². The maximum atomic E-state index is 12.5. The highest BCUT2D eigenvalue weighted by Crippen LogP contribution is 2.39. The summed E-state index contributed by atoms with van der Waals surface area (Å²) in [5.74, 6) is -5.56. The molecule has 0 fully saturated rings. The Hall–Kier alpha value is -2.25. The van der Waals surface area contributed by atoms with E-state index in [1.807, 2.05) is 0 Å². The van der Waals surface area contributed by atoms with Crippen LogP contribution in [0.2, 0.25) is 0 Å². The van der Waals surface area contributed by atoms with Crippen molar-refractivity contribution < 1.29 is 38.1 Å². The molecule has 0 amide bonds. The van der Waals surface area contributed by atoms with Crippen molar-refractivity contribution in [1.82, 2.24) is 0 Å². The van der Waals surface area contributed by atoms with Crippen LogP contribution in [0.1, 0.15) is 26.3 Å². The number of halogens is 3. The Morgan fingerprint density at radius 1 is 1.06 bits per heavy atom. The summed E-state index contributed by atoms with van der Waals surface area (Å²) in [7, 11) is 0. The van der Waals surface area contributed by atoms with Crippen molar-refractivity contribution in [3.8, 4) is 5.75 Å². The van der Waals surface area contributed by atoms with Crippen LogP contribution in [0.3, 0.4) is 0 Å². The number of carbonyl (C=O) groups is 2. The van der Waals surface area contributed by atoms with Gasteiger partial charge in [0.05, 0.1) is 11.1 Å². The number of carboxylic acid groups (broad SMARTS) is 2. The van der Waals surface area contributed by atoms with Crippen LogP contribution in [0, 0.1) is 0 Å². The van der Waals surface area contributed by atoms with Crippen molar-refractivity contribution in [3.05, 3.63) is 28.8 Å². The monoisotopic (exact) mass is 249 g/mol. The Morgan fingerprint density at radius 2 is 1.59 bits per heavy atom. The summed E-state index contributed by atoms with van der Waals surface area (Å²) in [6.07, 6.45) is -5.23. The van der Waals surface area contributed by atoms with E-state index in [2.05, 4.69) is 0 Å². The van der Waals surface area contributed by atoms with Gasteiger partial charge in [-0.1, -0.05) is 0 Å². The van der Waals surface area contributed by atoms with Gasteiger partial charge in [-0.25, -0.2) is 9.59 Å². The lowest BCUT2D eigenvalue weighted by Crippen LogP contribution is -2.17. The van der Waals surface area contributed by atoms with Crippen molar-refractivity contribution in [1.29, 1.82) is 0 Å². The number of aromatic carboxylic acids is 2. The molecule has 0 saturated carbocycles. The third-order valence-electron chi connectivity index (χ3n) is 1.89. The van der Waals surface area contributed by atoms with E-state index in [-0.39, 0.29) is 0 Å². The van der Waals surface area contributed by atoms with E-state index >= 15 is 0 Å². The molecule has 8 heteroatoms. The zero-order chi connectivity index (χ0) is 13.4. The summed E-state index contributed by atoms with van der Waals surface area (Å²) in [6.45, 7) is 0. The second-order valence-electron chi connectivity index (χ2n) is 2.97. The minimum absolute atomic E-state index is 0.374. The molecule has 17 heavy (non-hydrogen) atoms. The van der Waals surface area contributed by atoms with Crippen LogP contribution in [0.5, 0.6) is 5.75 Å². The normalized spacial score (nSPS) is 11.2. The lowest BCUT2D eigenvalue weighted by Gasteiger charge is -2.12. The third-order valence-corrected chi connectivity index (χ3v) is 1.89. The van der Waals surface area contributed by atoms with Crippen LogP contribution < -0.4 is 0 Å². The first-order chi connectivity index (χ1) is 7.66. The smallest absolute Gasteiger partial charge is 0.421 e. The Kier molecular flexibility index (Phi) is 2.99. The summed E-state index contributed by atoms with van der Waals surface area (Å²) < 4.78 is 37.4. The van der Waals surface area contributed by atoms with Crippen LogP contribution in [-0.4, -0.2) is 22.2 Å². The lowest BCUT2D eigenvalue weighted by atomic mass is 9.99. The van der Waals surface area contributed by atoms with Gasteiger partial charge in [-0.15, -0.1) is 0 Å². The second kappa shape index (κ2) is 3.96. The van der Waals surface area contributed by atoms with Crippen LogP contribution in [0.4, 0.5) is 13.2 Å². The quantitative estimate of drug-likeness (QED) is 0.840. The predicted molar refractivity (Wildman–Crippen MR) is 45.5 cm³/mol. The number of hydrogen-bond acceptors (Lipinski definition) is 2. The molecule has 0 unspecified atom stereocenters. The Bertz CT molecular complexity index is 492. The molecule has 0 aromatic heterocycles. The largest absolute Gasteiger partial charge is 0.478 e. The molecule has 91 valence electrons. The molecule has 0 aliphatic carbocycles. The van der Waals surface area contributed by atoms with Gasteiger partial charge in [0, 0.05) is 0 Å². The van der Waals surface area contributed by atoms with E-state index in [4.69, 9.17) is 10.2 Å². The summed E-state index contributed by atoms with van der Waals surface area (Å²) >= 11 is 0. The van der Waals surface area contributed by atoms with Gasteiger partial charge in [-0.2, -0.15) is 13.2 Å². The first kappa shape index (κ1) is 12.8. The van der Waals surface area contributed by atoms with Crippen molar-refractivity contribution in [3.63, 3.8) is 0 Å². The van der Waals surface area contributed by atoms with Gasteiger partial charge < -0.3 is 10.2 Å². The molecule has 2 N–H and O–H groups in total. The van der Waals surface area contributed by atoms with Crippen LogP contribution in [0.25, 0.3) is 0 Å². The highest BCUT2D eigenvalue weighted by molar-refractivity contribution is 6.03. The third kappa shape index (κ3) is 2.30. The van der Waals surface area contributed by atoms with Gasteiger partial charge in [-0.05, 0) is 12.1 Å². The second-order valence-corrected chi connectivity index (χ2v) is 2.97. The summed E-state index contributed by atoms with van der Waals surface area (Å²) in [5.41, 5.74) is -4.60. The molecule has 0 atom stereocenters. The first-order valence-electron chi connectivity index (χ1n) is 4.04. The Morgan fingerprint density at radius 3 is 1.94 bits per heavy atom. The molecule has 0 spiro atoms. The average molecular weight is 249 g/mol. The summed E-state index contributed by atoms with van der Waals surface area (Å²) in [5, 5.41) is 28.1. The summed E-state index contributed by atoms with van der Waals surface area (Å²) in [6, 6.07) is 0.905. The number of alkyl halides is 3. The Balaban J connectivity index is 3.73. The minimum Gasteiger partial charge on any atom is -0.478 e. The zero-order valence-electron chi connectivity index (χ0n) is 7.91. The molecular formula is C9H4F3O5. The van der Waals surface area contributed by atoms with E-state index < -0.39 is 40.6 Å². The molecule has 5 nitrogen and oxygen atoms in total. The topological polar surface area (TPSA) is 94.5 Å². The fraction of sp³-hybridized carbons (Fsp3) is 0.111. The predicted octanol–water partition coefficient (Wildman–Crippen LogP) is 2.25. The molecule has 0 bridgehead atoms. The van der Waals surface area contributed by atoms with Gasteiger partial charge >= 0.3 is 18.1 Å². The lowest BCUT2D eigenvalue weighted by molar-refractivity contribution is -0.139. The number of benzene rings is 1. The fourth-order valence-corrected chi connectivity index (χ4v) is 1.27. The molecule has 1 aromatic rings. The molecule has 0 aliphatic heterocycles. The van der Waals surface area contributed by atoms with Crippen LogP contribution in [-0.2, 0) is 11.3 Å². The molecular weight excluding hydrogens is 245 g/mol. The van der Waals surface area contributed by atoms with Crippen molar-refractivity contribution >= 4 is 11.9 Å². The Labute approximate surface area is 91.7 Å². The van der Waals surface area contributed by atoms with Crippen LogP contribution >= 0.6 is 0 Å². The fourth-order valence-electron chi connectivity index (χ4n) is 1.27. The average Bonchev–Trinajstić information content (AvgIpc) is 2.14. The van der Waals surface area contributed by atoms with E-state index in [1.165, 1.54) is 0 Å². The van der Waals surface area contributed by atoms with E-state index in [0.29, 0.717) is 12.1 Å². The van der Waals surface area contributed by atoms with Crippen molar-refractivity contribution in [2.24, 2.45) is 0 Å². The van der Waals surface area contributed by atoms with E-state index in [9.17, 15) is 27.9 Å². The molecule has 0 aliphatic rings. The number of rotatable bonds is 2. The van der Waals surface area contributed by atoms with Gasteiger partial charge in [0.15, 0.2) is 5.75 Å². The molecule has 1 rings (SSSR count). The minimum atomic E-state index is -5.23. The molecule has 1 radical (unpaired) electrons. The van der Waals surface area contributed by atoms with Gasteiger partial charge in [0.1, 0.15) is 5.56 Å². The van der Waals surface area contributed by atoms with Gasteiger partial charge in [0.25, 0.3) is 0 Å². The van der Waals surface area contributed by atoms with Gasteiger partial charge in [-0.3, -0.25) is 5.11 Å². The number of carboxylic acids is 2. The maximum absolute atomic E-state index is 12.5. The molecule has 0 saturated heterocycles. The number of hydrogen-bond donors (Lipinski definition) is 2. The first-order valence-corrected chi connectivity index (χ1v) is 4.04.